The maximum Gasteiger partial charge on any atom is 0.0593 e. The number of ether oxygens (including phenoxy) is 1. The highest BCUT2D eigenvalue weighted by Gasteiger charge is 2.20. The van der Waals surface area contributed by atoms with Gasteiger partial charge in [0.25, 0.3) is 0 Å². The van der Waals surface area contributed by atoms with Gasteiger partial charge in [-0.2, -0.15) is 0 Å². The van der Waals surface area contributed by atoms with Gasteiger partial charge in [-0.25, -0.2) is 0 Å². The molecule has 1 saturated heterocycles. The molecule has 3 heteroatoms. The molecule has 1 aliphatic heterocycles. The minimum absolute atomic E-state index is 0.702. The van der Waals surface area contributed by atoms with Crippen LogP contribution in [0.15, 0.2) is 12.7 Å². The predicted molar refractivity (Wildman–Crippen MR) is 68.8 cm³/mol. The van der Waals surface area contributed by atoms with E-state index in [0.29, 0.717) is 6.04 Å². The third-order valence-corrected chi connectivity index (χ3v) is 2.97. The second kappa shape index (κ2) is 8.74. The minimum Gasteiger partial charge on any atom is -0.380 e. The molecule has 1 rings (SSSR count). The molecule has 0 aromatic heterocycles. The summed E-state index contributed by atoms with van der Waals surface area (Å²) < 4.78 is 5.52. The van der Waals surface area contributed by atoms with Gasteiger partial charge in [0.05, 0.1) is 13.2 Å². The van der Waals surface area contributed by atoms with E-state index in [4.69, 9.17) is 4.74 Å². The first-order valence-electron chi connectivity index (χ1n) is 6.51. The molecule has 0 amide bonds. The van der Waals surface area contributed by atoms with Crippen molar-refractivity contribution in [3.05, 3.63) is 12.7 Å². The molecule has 1 N–H and O–H groups in total. The maximum absolute atomic E-state index is 5.52. The summed E-state index contributed by atoms with van der Waals surface area (Å²) >= 11 is 0. The molecule has 0 aromatic carbocycles. The number of nitrogens with one attached hydrogen (secondary N) is 1. The largest absolute Gasteiger partial charge is 0.380 e. The van der Waals surface area contributed by atoms with Crippen molar-refractivity contribution < 1.29 is 4.74 Å². The van der Waals surface area contributed by atoms with Crippen molar-refractivity contribution in [3.63, 3.8) is 0 Å². The van der Waals surface area contributed by atoms with Crippen molar-refractivity contribution in [2.45, 2.75) is 32.2 Å². The van der Waals surface area contributed by atoms with E-state index >= 15 is 0 Å². The van der Waals surface area contributed by atoms with Gasteiger partial charge in [0.15, 0.2) is 0 Å². The van der Waals surface area contributed by atoms with Crippen molar-refractivity contribution >= 4 is 0 Å². The number of likely N-dealkylation sites (tertiary alicyclic amines) is 1. The maximum atomic E-state index is 5.52. The molecule has 0 radical (unpaired) electrons. The summed E-state index contributed by atoms with van der Waals surface area (Å²) in [6.07, 6.45) is 5.37. The monoisotopic (exact) mass is 226 g/mol. The molecule has 0 aromatic rings. The third kappa shape index (κ3) is 5.64. The molecule has 1 aliphatic rings. The molecule has 1 atom stereocenters. The van der Waals surface area contributed by atoms with Crippen LogP contribution in [-0.2, 0) is 4.74 Å². The predicted octanol–water partition coefficient (Wildman–Crippen LogP) is 1.65. The summed E-state index contributed by atoms with van der Waals surface area (Å²) in [5, 5.41) is 3.58. The van der Waals surface area contributed by atoms with Crippen molar-refractivity contribution in [1.82, 2.24) is 10.2 Å². The van der Waals surface area contributed by atoms with Crippen molar-refractivity contribution in [3.8, 4) is 0 Å². The van der Waals surface area contributed by atoms with Crippen LogP contribution in [0.3, 0.4) is 0 Å². The highest BCUT2D eigenvalue weighted by molar-refractivity contribution is 4.80. The Balaban J connectivity index is 1.96. The average Bonchev–Trinajstić information content (AvgIpc) is 2.74. The van der Waals surface area contributed by atoms with Gasteiger partial charge in [-0.05, 0) is 32.4 Å². The van der Waals surface area contributed by atoms with Crippen LogP contribution in [-0.4, -0.2) is 50.3 Å². The number of hydrogen-bond acceptors (Lipinski definition) is 3. The van der Waals surface area contributed by atoms with E-state index in [9.17, 15) is 0 Å². The van der Waals surface area contributed by atoms with Crippen molar-refractivity contribution in [1.29, 1.82) is 0 Å². The van der Waals surface area contributed by atoms with E-state index in [1.165, 1.54) is 25.9 Å². The van der Waals surface area contributed by atoms with Gasteiger partial charge in [-0.15, -0.1) is 6.58 Å². The van der Waals surface area contributed by atoms with Crippen LogP contribution in [0.1, 0.15) is 26.2 Å². The summed E-state index contributed by atoms with van der Waals surface area (Å²) in [7, 11) is 0. The standard InChI is InChI=1S/C13H26N2O/c1-3-5-10-16-11-9-15-8-6-13(12-15)14-7-4-2/h3,13-14H,1,4-12H2,2H3. The fourth-order valence-electron chi connectivity index (χ4n) is 2.01. The van der Waals surface area contributed by atoms with Gasteiger partial charge < -0.3 is 10.1 Å². The molecule has 16 heavy (non-hydrogen) atoms. The van der Waals surface area contributed by atoms with Crippen molar-refractivity contribution in [2.75, 3.05) is 39.4 Å². The first-order chi connectivity index (χ1) is 7.86. The molecule has 0 spiro atoms. The van der Waals surface area contributed by atoms with Gasteiger partial charge in [-0.3, -0.25) is 4.90 Å². The Morgan fingerprint density at radius 1 is 1.50 bits per heavy atom. The van der Waals surface area contributed by atoms with Gasteiger partial charge >= 0.3 is 0 Å². The average molecular weight is 226 g/mol. The first kappa shape index (κ1) is 13.7. The lowest BCUT2D eigenvalue weighted by Crippen LogP contribution is -2.34. The Hall–Kier alpha value is -0.380. The first-order valence-corrected chi connectivity index (χ1v) is 6.51. The lowest BCUT2D eigenvalue weighted by atomic mass is 10.2. The molecule has 1 heterocycles. The second-order valence-electron chi connectivity index (χ2n) is 4.43. The summed E-state index contributed by atoms with van der Waals surface area (Å²) in [5.41, 5.74) is 0. The fraction of sp³-hybridized carbons (Fsp3) is 0.846. The molecule has 1 unspecified atom stereocenters. The highest BCUT2D eigenvalue weighted by atomic mass is 16.5. The summed E-state index contributed by atoms with van der Waals surface area (Å²) in [6, 6.07) is 0.702. The zero-order chi connectivity index (χ0) is 11.6. The summed E-state index contributed by atoms with van der Waals surface area (Å²) in [6.45, 7) is 12.2. The van der Waals surface area contributed by atoms with Crippen LogP contribution in [0.4, 0.5) is 0 Å². The number of nitrogens with zero attached hydrogens (tertiary/aromatic N) is 1. The molecule has 94 valence electrons. The Morgan fingerprint density at radius 2 is 2.38 bits per heavy atom. The zero-order valence-corrected chi connectivity index (χ0v) is 10.6. The quantitative estimate of drug-likeness (QED) is 0.478. The zero-order valence-electron chi connectivity index (χ0n) is 10.6. The lowest BCUT2D eigenvalue weighted by Gasteiger charge is -2.16. The van der Waals surface area contributed by atoms with Crippen LogP contribution in [0.2, 0.25) is 0 Å². The molecule has 0 saturated carbocycles. The van der Waals surface area contributed by atoms with Crippen LogP contribution in [0, 0.1) is 0 Å². The topological polar surface area (TPSA) is 24.5 Å². The normalized spacial score (nSPS) is 21.4. The smallest absolute Gasteiger partial charge is 0.0593 e. The van der Waals surface area contributed by atoms with Crippen LogP contribution >= 0.6 is 0 Å². The van der Waals surface area contributed by atoms with E-state index in [-0.39, 0.29) is 0 Å². The Bertz CT molecular complexity index is 185. The van der Waals surface area contributed by atoms with E-state index < -0.39 is 0 Å². The Labute approximate surface area is 99.8 Å². The number of hydrogen-bond donors (Lipinski definition) is 1. The number of rotatable bonds is 9. The summed E-state index contributed by atoms with van der Waals surface area (Å²) in [4.78, 5) is 2.49. The second-order valence-corrected chi connectivity index (χ2v) is 4.43. The summed E-state index contributed by atoms with van der Waals surface area (Å²) in [5.74, 6) is 0. The van der Waals surface area contributed by atoms with Gasteiger partial charge in [0, 0.05) is 19.1 Å². The third-order valence-electron chi connectivity index (χ3n) is 2.97. The minimum atomic E-state index is 0.702. The van der Waals surface area contributed by atoms with Gasteiger partial charge in [0.2, 0.25) is 0 Å². The Morgan fingerprint density at radius 3 is 3.12 bits per heavy atom. The SMILES string of the molecule is C=CCCOCCN1CCC(NCCC)C1. The van der Waals surface area contributed by atoms with Gasteiger partial charge in [0.1, 0.15) is 0 Å². The van der Waals surface area contributed by atoms with E-state index in [1.54, 1.807) is 0 Å². The van der Waals surface area contributed by atoms with Crippen molar-refractivity contribution in [2.24, 2.45) is 0 Å². The van der Waals surface area contributed by atoms with Gasteiger partial charge in [-0.1, -0.05) is 13.0 Å². The molecule has 0 bridgehead atoms. The van der Waals surface area contributed by atoms with E-state index in [1.807, 2.05) is 6.08 Å². The molecular formula is C13H26N2O. The molecule has 1 fully saturated rings. The van der Waals surface area contributed by atoms with Crippen LogP contribution in [0.25, 0.3) is 0 Å². The lowest BCUT2D eigenvalue weighted by molar-refractivity contribution is 0.114. The highest BCUT2D eigenvalue weighted by Crippen LogP contribution is 2.08. The van der Waals surface area contributed by atoms with Crippen LogP contribution in [0.5, 0.6) is 0 Å². The van der Waals surface area contributed by atoms with Crippen LogP contribution < -0.4 is 5.32 Å². The Kier molecular flexibility index (Phi) is 7.47. The fourth-order valence-corrected chi connectivity index (χ4v) is 2.01. The van der Waals surface area contributed by atoms with E-state index in [0.717, 1.165) is 32.7 Å². The molecule has 3 nitrogen and oxygen atoms in total. The molecule has 0 aliphatic carbocycles. The van der Waals surface area contributed by atoms with E-state index in [2.05, 4.69) is 23.7 Å². The molecular weight excluding hydrogens is 200 g/mol.